The van der Waals surface area contributed by atoms with Crippen molar-refractivity contribution in [3.8, 4) is 11.4 Å². The van der Waals surface area contributed by atoms with Crippen molar-refractivity contribution in [2.24, 2.45) is 5.10 Å². The Morgan fingerprint density at radius 1 is 1.08 bits per heavy atom. The lowest BCUT2D eigenvalue weighted by atomic mass is 10.0. The van der Waals surface area contributed by atoms with Gasteiger partial charge in [-0.2, -0.15) is 10.2 Å². The van der Waals surface area contributed by atoms with Gasteiger partial charge in [-0.05, 0) is 67.8 Å². The van der Waals surface area contributed by atoms with Crippen molar-refractivity contribution in [3.05, 3.63) is 112 Å². The van der Waals surface area contributed by atoms with Gasteiger partial charge in [-0.15, -0.1) is 0 Å². The van der Waals surface area contributed by atoms with Gasteiger partial charge in [-0.25, -0.2) is 21.0 Å². The third-order valence-electron chi connectivity index (χ3n) is 6.54. The van der Waals surface area contributed by atoms with E-state index in [0.29, 0.717) is 18.1 Å². The van der Waals surface area contributed by atoms with E-state index in [0.717, 1.165) is 39.5 Å². The minimum Gasteiger partial charge on any atom is -0.489 e. The van der Waals surface area contributed by atoms with E-state index >= 15 is 0 Å². The molecule has 1 amide bonds. The molecule has 9 heteroatoms. The number of aryl methyl sites for hydroxylation is 1. The molecule has 5 rings (SSSR count). The van der Waals surface area contributed by atoms with Crippen molar-refractivity contribution >= 4 is 23.7 Å². The summed E-state index contributed by atoms with van der Waals surface area (Å²) in [7, 11) is 0. The Morgan fingerprint density at radius 2 is 1.82 bits per heavy atom. The molecular formula is C29H29ClN6O2. The molecule has 0 bridgehead atoms. The number of carbonyl (C=O) groups excluding carboxylic acids is 1. The summed E-state index contributed by atoms with van der Waals surface area (Å²) in [5.41, 5.74) is 14.7. The number of ether oxygens (including phenoxy) is 1. The summed E-state index contributed by atoms with van der Waals surface area (Å²) >= 11 is 5.93. The van der Waals surface area contributed by atoms with Gasteiger partial charge in [0.1, 0.15) is 18.4 Å². The second-order valence-electron chi connectivity index (χ2n) is 9.18. The van der Waals surface area contributed by atoms with Crippen LogP contribution in [-0.4, -0.2) is 27.9 Å². The molecule has 8 nitrogen and oxygen atoms in total. The van der Waals surface area contributed by atoms with Crippen LogP contribution in [0, 0.1) is 13.8 Å². The highest BCUT2D eigenvalue weighted by atomic mass is 35.5. The maximum Gasteiger partial charge on any atom is 0.258 e. The number of hydrazine groups is 1. The summed E-state index contributed by atoms with van der Waals surface area (Å²) in [5.74, 6) is 0.574. The fourth-order valence-corrected chi connectivity index (χ4v) is 4.52. The zero-order valence-electron chi connectivity index (χ0n) is 21.2. The molecule has 0 saturated carbocycles. The number of carbonyl (C=O) groups is 1. The lowest BCUT2D eigenvalue weighted by Gasteiger charge is -2.11. The van der Waals surface area contributed by atoms with E-state index in [9.17, 15) is 4.79 Å². The van der Waals surface area contributed by atoms with Gasteiger partial charge in [-0.3, -0.25) is 4.79 Å². The van der Waals surface area contributed by atoms with Crippen LogP contribution >= 0.6 is 11.6 Å². The second-order valence-corrected chi connectivity index (χ2v) is 9.62. The third-order valence-corrected chi connectivity index (χ3v) is 6.79. The zero-order valence-corrected chi connectivity index (χ0v) is 21.9. The van der Waals surface area contributed by atoms with Crippen molar-refractivity contribution in [2.75, 3.05) is 0 Å². The van der Waals surface area contributed by atoms with Crippen molar-refractivity contribution in [2.45, 2.75) is 39.0 Å². The minimum absolute atomic E-state index is 0.00589. The first-order valence-electron chi connectivity index (χ1n) is 12.4. The number of aromatic nitrogens is 2. The molecule has 1 aliphatic rings. The fourth-order valence-electron chi connectivity index (χ4n) is 4.39. The topological polar surface area (TPSA) is 92.6 Å². The van der Waals surface area contributed by atoms with Crippen LogP contribution in [-0.2, 0) is 11.4 Å². The van der Waals surface area contributed by atoms with E-state index in [-0.39, 0.29) is 11.9 Å². The van der Waals surface area contributed by atoms with Crippen molar-refractivity contribution in [3.63, 3.8) is 0 Å². The van der Waals surface area contributed by atoms with Gasteiger partial charge in [0.05, 0.1) is 23.3 Å². The van der Waals surface area contributed by atoms with Gasteiger partial charge in [0, 0.05) is 16.6 Å². The predicted molar refractivity (Wildman–Crippen MR) is 148 cm³/mol. The Balaban J connectivity index is 1.13. The number of nitrogens with one attached hydrogen (secondary N) is 3. The Kier molecular flexibility index (Phi) is 7.83. The molecule has 0 radical (unpaired) electrons. The summed E-state index contributed by atoms with van der Waals surface area (Å²) < 4.78 is 7.74. The Bertz CT molecular complexity index is 1420. The zero-order chi connectivity index (χ0) is 26.5. The lowest BCUT2D eigenvalue weighted by molar-refractivity contribution is -0.122. The average Bonchev–Trinajstić information content (AvgIpc) is 3.54. The molecule has 2 unspecified atom stereocenters. The second kappa shape index (κ2) is 11.6. The van der Waals surface area contributed by atoms with E-state index in [1.807, 2.05) is 97.4 Å². The van der Waals surface area contributed by atoms with Crippen molar-refractivity contribution in [1.82, 2.24) is 26.1 Å². The maximum absolute atomic E-state index is 12.7. The molecule has 2 heterocycles. The summed E-state index contributed by atoms with van der Waals surface area (Å²) in [4.78, 5) is 12.7. The van der Waals surface area contributed by atoms with E-state index in [1.54, 1.807) is 6.21 Å². The third kappa shape index (κ3) is 5.94. The molecule has 0 aliphatic carbocycles. The number of para-hydroxylation sites is 1. The monoisotopic (exact) mass is 528 g/mol. The van der Waals surface area contributed by atoms with Crippen LogP contribution in [0.5, 0.6) is 5.75 Å². The average molecular weight is 529 g/mol. The van der Waals surface area contributed by atoms with E-state index in [1.165, 1.54) is 0 Å². The number of hydrazone groups is 1. The maximum atomic E-state index is 12.7. The molecule has 2 atom stereocenters. The van der Waals surface area contributed by atoms with Crippen LogP contribution in [0.15, 0.2) is 84.0 Å². The standard InChI is InChI=1S/C29H29ClN6O2/c1-19-26(20(2)36(35-19)24-6-4-3-5-7-24)17-31-34-29(37)28-16-27(32-33-28)22-10-14-25(15-11-22)38-18-21-8-12-23(30)13-9-21/h3-15,17,27-28,32-33H,16,18H2,1-2H3,(H,34,37)/b31-17+. The van der Waals surface area contributed by atoms with Crippen molar-refractivity contribution < 1.29 is 9.53 Å². The largest absolute Gasteiger partial charge is 0.489 e. The van der Waals surface area contributed by atoms with E-state index in [2.05, 4.69) is 26.5 Å². The number of hydrogen-bond acceptors (Lipinski definition) is 6. The van der Waals surface area contributed by atoms with E-state index in [4.69, 9.17) is 16.3 Å². The summed E-state index contributed by atoms with van der Waals surface area (Å²) in [6, 6.07) is 25.0. The molecular weight excluding hydrogens is 500 g/mol. The minimum atomic E-state index is -0.410. The van der Waals surface area contributed by atoms with E-state index < -0.39 is 6.04 Å². The summed E-state index contributed by atoms with van der Waals surface area (Å²) in [6.07, 6.45) is 2.24. The summed E-state index contributed by atoms with van der Waals surface area (Å²) in [6.45, 7) is 4.38. The van der Waals surface area contributed by atoms with Crippen molar-refractivity contribution in [1.29, 1.82) is 0 Å². The van der Waals surface area contributed by atoms with Gasteiger partial charge < -0.3 is 4.74 Å². The molecule has 1 aromatic heterocycles. The lowest BCUT2D eigenvalue weighted by Crippen LogP contribution is -2.41. The molecule has 1 fully saturated rings. The molecule has 1 saturated heterocycles. The number of hydrogen-bond donors (Lipinski definition) is 3. The van der Waals surface area contributed by atoms with Crippen LogP contribution in [0.1, 0.15) is 40.5 Å². The number of halogens is 1. The number of rotatable bonds is 8. The Hall–Kier alpha value is -3.98. The summed E-state index contributed by atoms with van der Waals surface area (Å²) in [5, 5.41) is 9.52. The smallest absolute Gasteiger partial charge is 0.258 e. The number of amides is 1. The van der Waals surface area contributed by atoms with Gasteiger partial charge in [0.2, 0.25) is 0 Å². The molecule has 0 spiro atoms. The Labute approximate surface area is 226 Å². The van der Waals surface area contributed by atoms with Crippen LogP contribution < -0.4 is 21.0 Å². The first-order chi connectivity index (χ1) is 18.5. The first kappa shape index (κ1) is 25.7. The fraction of sp³-hybridized carbons (Fsp3) is 0.207. The van der Waals surface area contributed by atoms with Crippen LogP contribution in [0.4, 0.5) is 0 Å². The quantitative estimate of drug-likeness (QED) is 0.226. The Morgan fingerprint density at radius 3 is 2.55 bits per heavy atom. The van der Waals surface area contributed by atoms with Crippen LogP contribution in [0.2, 0.25) is 5.02 Å². The van der Waals surface area contributed by atoms with Crippen LogP contribution in [0.25, 0.3) is 5.69 Å². The van der Waals surface area contributed by atoms with Crippen LogP contribution in [0.3, 0.4) is 0 Å². The highest BCUT2D eigenvalue weighted by molar-refractivity contribution is 6.30. The highest BCUT2D eigenvalue weighted by Crippen LogP contribution is 2.25. The number of nitrogens with zero attached hydrogens (tertiary/aromatic N) is 3. The van der Waals surface area contributed by atoms with Gasteiger partial charge in [0.25, 0.3) is 5.91 Å². The van der Waals surface area contributed by atoms with Gasteiger partial charge >= 0.3 is 0 Å². The molecule has 3 aromatic carbocycles. The van der Waals surface area contributed by atoms with Gasteiger partial charge in [-0.1, -0.05) is 54.1 Å². The normalized spacial score (nSPS) is 17.1. The highest BCUT2D eigenvalue weighted by Gasteiger charge is 2.30. The molecule has 4 aromatic rings. The number of benzene rings is 3. The predicted octanol–water partition coefficient (Wildman–Crippen LogP) is 4.78. The first-order valence-corrected chi connectivity index (χ1v) is 12.8. The molecule has 1 aliphatic heterocycles. The molecule has 194 valence electrons. The SMILES string of the molecule is Cc1nn(-c2ccccc2)c(C)c1/C=N/NC(=O)C1CC(c2ccc(OCc3ccc(Cl)cc3)cc2)NN1. The molecule has 3 N–H and O–H groups in total. The van der Waals surface area contributed by atoms with Gasteiger partial charge in [0.15, 0.2) is 0 Å². The molecule has 38 heavy (non-hydrogen) atoms.